The molecule has 0 bridgehead atoms. The van der Waals surface area contributed by atoms with Gasteiger partial charge in [0.05, 0.1) is 0 Å². The predicted molar refractivity (Wildman–Crippen MR) is 64.5 cm³/mol. The zero-order valence-electron chi connectivity index (χ0n) is 8.63. The number of rotatable bonds is 1. The van der Waals surface area contributed by atoms with Crippen molar-refractivity contribution in [2.75, 3.05) is 6.54 Å². The van der Waals surface area contributed by atoms with Crippen LogP contribution in [-0.2, 0) is 0 Å². The van der Waals surface area contributed by atoms with E-state index >= 15 is 0 Å². The third kappa shape index (κ3) is 1.54. The zero-order valence-corrected chi connectivity index (χ0v) is 10.2. The lowest BCUT2D eigenvalue weighted by molar-refractivity contribution is 0.301. The minimum absolute atomic E-state index is 0.629. The lowest BCUT2D eigenvalue weighted by atomic mass is 9.93. The molecule has 1 aliphatic carbocycles. The Bertz CT molecular complexity index is 439. The van der Waals surface area contributed by atoms with Gasteiger partial charge in [-0.15, -0.1) is 0 Å². The number of nitrogens with zero attached hydrogens (tertiary/aromatic N) is 1. The number of nitrogens with one attached hydrogen (secondary N) is 1. The highest BCUT2D eigenvalue weighted by Gasteiger charge is 2.34. The third-order valence-electron chi connectivity index (χ3n) is 3.37. The first-order chi connectivity index (χ1) is 7.24. The van der Waals surface area contributed by atoms with E-state index in [1.54, 1.807) is 0 Å². The molecule has 2 unspecified atom stereocenters. The van der Waals surface area contributed by atoms with E-state index in [9.17, 15) is 0 Å². The fraction of sp³-hybridized carbons (Fsp3) is 0.417. The highest BCUT2D eigenvalue weighted by Crippen LogP contribution is 2.36. The van der Waals surface area contributed by atoms with Crippen LogP contribution in [0.2, 0.25) is 0 Å². The molecule has 1 saturated heterocycles. The van der Waals surface area contributed by atoms with Crippen LogP contribution in [0.3, 0.4) is 0 Å². The van der Waals surface area contributed by atoms with Crippen molar-refractivity contribution >= 4 is 21.5 Å². The van der Waals surface area contributed by atoms with Crippen LogP contribution < -0.4 is 5.32 Å². The molecule has 1 N–H and O–H groups in total. The molecule has 0 amide bonds. The number of fused-ring (bicyclic) bond motifs is 1. The standard InChI is InChI=1S/C12H13BrN2/c1-7-2-9(5-15-12(7)13)8-3-10-6-14-11(10)4-8/h2,4-5,10-11,14H,3,6H2,1H3. The largest absolute Gasteiger partial charge is 0.310 e. The van der Waals surface area contributed by atoms with E-state index in [1.807, 2.05) is 6.20 Å². The second-order valence-corrected chi connectivity index (χ2v) is 5.17. The first kappa shape index (κ1) is 9.55. The van der Waals surface area contributed by atoms with E-state index in [2.05, 4.69) is 45.3 Å². The third-order valence-corrected chi connectivity index (χ3v) is 4.20. The van der Waals surface area contributed by atoms with Crippen LogP contribution in [0.1, 0.15) is 17.5 Å². The van der Waals surface area contributed by atoms with Gasteiger partial charge in [0, 0.05) is 18.8 Å². The summed E-state index contributed by atoms with van der Waals surface area (Å²) in [5.74, 6) is 0.837. The van der Waals surface area contributed by atoms with Crippen LogP contribution in [-0.4, -0.2) is 17.6 Å². The maximum atomic E-state index is 4.35. The molecule has 2 nitrogen and oxygen atoms in total. The molecule has 78 valence electrons. The average Bonchev–Trinajstić information content (AvgIpc) is 2.48. The quantitative estimate of drug-likeness (QED) is 0.789. The Balaban J connectivity index is 1.93. The molecule has 1 aliphatic heterocycles. The van der Waals surface area contributed by atoms with Gasteiger partial charge in [0.2, 0.25) is 0 Å². The van der Waals surface area contributed by atoms with Crippen LogP contribution in [0.25, 0.3) is 5.57 Å². The molecule has 0 aromatic carbocycles. The average molecular weight is 265 g/mol. The van der Waals surface area contributed by atoms with Crippen molar-refractivity contribution in [1.82, 2.24) is 10.3 Å². The van der Waals surface area contributed by atoms with Gasteiger partial charge >= 0.3 is 0 Å². The van der Waals surface area contributed by atoms with Crippen molar-refractivity contribution in [3.05, 3.63) is 34.1 Å². The molecule has 3 heteroatoms. The maximum absolute atomic E-state index is 4.35. The second kappa shape index (κ2) is 3.42. The fourth-order valence-corrected chi connectivity index (χ4v) is 2.55. The topological polar surface area (TPSA) is 24.9 Å². The lowest BCUT2D eigenvalue weighted by Gasteiger charge is -2.31. The summed E-state index contributed by atoms with van der Waals surface area (Å²) in [5, 5.41) is 3.43. The van der Waals surface area contributed by atoms with Crippen molar-refractivity contribution in [3.63, 3.8) is 0 Å². The summed E-state index contributed by atoms with van der Waals surface area (Å²) in [6.45, 7) is 3.26. The van der Waals surface area contributed by atoms with Crippen molar-refractivity contribution < 1.29 is 0 Å². The molecule has 2 heterocycles. The number of hydrogen-bond donors (Lipinski definition) is 1. The minimum Gasteiger partial charge on any atom is -0.310 e. The number of aromatic nitrogens is 1. The molecular weight excluding hydrogens is 252 g/mol. The molecule has 0 spiro atoms. The van der Waals surface area contributed by atoms with Gasteiger partial charge in [0.25, 0.3) is 0 Å². The van der Waals surface area contributed by atoms with Crippen LogP contribution >= 0.6 is 15.9 Å². The molecule has 2 atom stereocenters. The first-order valence-electron chi connectivity index (χ1n) is 5.30. The van der Waals surface area contributed by atoms with Gasteiger partial charge in [0.15, 0.2) is 0 Å². The number of pyridine rings is 1. The summed E-state index contributed by atoms with van der Waals surface area (Å²) < 4.78 is 0.950. The van der Waals surface area contributed by atoms with E-state index in [4.69, 9.17) is 0 Å². The van der Waals surface area contributed by atoms with Crippen molar-refractivity contribution in [3.8, 4) is 0 Å². The van der Waals surface area contributed by atoms with Gasteiger partial charge in [-0.25, -0.2) is 4.98 Å². The fourth-order valence-electron chi connectivity index (χ4n) is 2.33. The van der Waals surface area contributed by atoms with Crippen molar-refractivity contribution in [2.45, 2.75) is 19.4 Å². The molecular formula is C12H13BrN2. The highest BCUT2D eigenvalue weighted by atomic mass is 79.9. The van der Waals surface area contributed by atoms with Crippen LogP contribution in [0.5, 0.6) is 0 Å². The van der Waals surface area contributed by atoms with E-state index in [1.165, 1.54) is 29.7 Å². The molecule has 0 radical (unpaired) electrons. The molecule has 2 aliphatic rings. The van der Waals surface area contributed by atoms with Gasteiger partial charge in [0.1, 0.15) is 4.60 Å². The van der Waals surface area contributed by atoms with E-state index < -0.39 is 0 Å². The Morgan fingerprint density at radius 2 is 2.40 bits per heavy atom. The van der Waals surface area contributed by atoms with E-state index in [0.29, 0.717) is 6.04 Å². The molecule has 0 saturated carbocycles. The van der Waals surface area contributed by atoms with Gasteiger partial charge in [-0.1, -0.05) is 6.08 Å². The summed E-state index contributed by atoms with van der Waals surface area (Å²) >= 11 is 3.43. The van der Waals surface area contributed by atoms with E-state index in [0.717, 1.165) is 10.5 Å². The first-order valence-corrected chi connectivity index (χ1v) is 6.10. The lowest BCUT2D eigenvalue weighted by Crippen LogP contribution is -2.49. The molecule has 3 rings (SSSR count). The summed E-state index contributed by atoms with van der Waals surface area (Å²) in [6.07, 6.45) is 5.53. The van der Waals surface area contributed by atoms with Crippen molar-refractivity contribution in [1.29, 1.82) is 0 Å². The van der Waals surface area contributed by atoms with Gasteiger partial charge in [-0.3, -0.25) is 0 Å². The van der Waals surface area contributed by atoms with Crippen LogP contribution in [0.4, 0.5) is 0 Å². The normalized spacial score (nSPS) is 28.3. The van der Waals surface area contributed by atoms with Gasteiger partial charge in [-0.05, 0) is 58.0 Å². The smallest absolute Gasteiger partial charge is 0.109 e. The number of halogens is 1. The number of aryl methyl sites for hydroxylation is 1. The number of allylic oxidation sites excluding steroid dienone is 1. The minimum atomic E-state index is 0.629. The summed E-state index contributed by atoms with van der Waals surface area (Å²) in [5.41, 5.74) is 3.95. The zero-order chi connectivity index (χ0) is 10.4. The molecule has 15 heavy (non-hydrogen) atoms. The Labute approximate surface area is 97.9 Å². The Hall–Kier alpha value is -0.670. The van der Waals surface area contributed by atoms with Gasteiger partial charge in [-0.2, -0.15) is 0 Å². The second-order valence-electron chi connectivity index (χ2n) is 4.42. The summed E-state index contributed by atoms with van der Waals surface area (Å²) in [6, 6.07) is 2.84. The number of hydrogen-bond acceptors (Lipinski definition) is 2. The van der Waals surface area contributed by atoms with Gasteiger partial charge < -0.3 is 5.32 Å². The summed E-state index contributed by atoms with van der Waals surface area (Å²) in [4.78, 5) is 4.35. The maximum Gasteiger partial charge on any atom is 0.109 e. The summed E-state index contributed by atoms with van der Waals surface area (Å²) in [7, 11) is 0. The molecule has 1 fully saturated rings. The predicted octanol–water partition coefficient (Wildman–Crippen LogP) is 2.53. The Morgan fingerprint density at radius 1 is 1.53 bits per heavy atom. The Kier molecular flexibility index (Phi) is 2.18. The molecule has 1 aromatic rings. The molecule has 1 aromatic heterocycles. The SMILES string of the molecule is Cc1cc(C2=CC3NCC3C2)cnc1Br. The van der Waals surface area contributed by atoms with Crippen molar-refractivity contribution in [2.24, 2.45) is 5.92 Å². The van der Waals surface area contributed by atoms with E-state index in [-0.39, 0.29) is 0 Å². The van der Waals surface area contributed by atoms with Crippen LogP contribution in [0, 0.1) is 12.8 Å². The highest BCUT2D eigenvalue weighted by molar-refractivity contribution is 9.10. The Morgan fingerprint density at radius 3 is 2.93 bits per heavy atom. The monoisotopic (exact) mass is 264 g/mol. The van der Waals surface area contributed by atoms with Crippen LogP contribution in [0.15, 0.2) is 22.9 Å².